The van der Waals surface area contributed by atoms with Crippen molar-refractivity contribution in [1.29, 1.82) is 0 Å². The minimum atomic E-state index is -1.63. The molecule has 13 N–H and O–H groups in total. The zero-order valence-electron chi connectivity index (χ0n) is 38.3. The van der Waals surface area contributed by atoms with Crippen molar-refractivity contribution in [2.75, 3.05) is 26.8 Å². The smallest absolute Gasteiger partial charge is 0.131 e. The van der Waals surface area contributed by atoms with Gasteiger partial charge in [0.25, 0.3) is 0 Å². The molecular formula is C48H82ClNO12. The highest BCUT2D eigenvalue weighted by Crippen LogP contribution is 2.25. The minimum absolute atomic E-state index is 0. The van der Waals surface area contributed by atoms with Crippen LogP contribution in [0.1, 0.15) is 132 Å². The molecule has 3 aromatic rings. The van der Waals surface area contributed by atoms with Gasteiger partial charge < -0.3 is 66.5 Å². The Bertz CT molecular complexity index is 1480. The van der Waals surface area contributed by atoms with Crippen molar-refractivity contribution in [1.82, 2.24) is 0 Å². The minimum Gasteiger partial charge on any atom is -0.870 e. The van der Waals surface area contributed by atoms with E-state index in [1.807, 2.05) is 14.0 Å². The van der Waals surface area contributed by atoms with Crippen molar-refractivity contribution >= 4 is 11.6 Å². The van der Waals surface area contributed by atoms with Gasteiger partial charge in [-0.1, -0.05) is 128 Å². The van der Waals surface area contributed by atoms with Crippen LogP contribution >= 0.6 is 11.6 Å². The maximum absolute atomic E-state index is 10.8. The van der Waals surface area contributed by atoms with Crippen LogP contribution in [0.25, 0.3) is 0 Å². The maximum Gasteiger partial charge on any atom is 0.131 e. The number of quaternary nitrogens is 1. The van der Waals surface area contributed by atoms with Gasteiger partial charge in [-0.2, -0.15) is 0 Å². The van der Waals surface area contributed by atoms with Crippen molar-refractivity contribution in [3.05, 3.63) is 106 Å². The number of aliphatic hydroxyl groups is 10. The number of likely N-dealkylation sites (N-methyl/N-ethyl adjacent to an activating group) is 1. The van der Waals surface area contributed by atoms with E-state index in [-0.39, 0.29) is 17.5 Å². The van der Waals surface area contributed by atoms with E-state index < -0.39 is 62.0 Å². The molecule has 3 aromatic carbocycles. The molecule has 62 heavy (non-hydrogen) atoms. The molecule has 0 saturated carbocycles. The Kier molecular flexibility index (Phi) is 31.9. The van der Waals surface area contributed by atoms with Crippen LogP contribution < -0.4 is 0 Å². The highest BCUT2D eigenvalue weighted by Gasteiger charge is 2.36. The van der Waals surface area contributed by atoms with Gasteiger partial charge in [0.2, 0.25) is 0 Å². The number of hydrogen-bond donors (Lipinski definition) is 10. The summed E-state index contributed by atoms with van der Waals surface area (Å²) in [5, 5.41) is 95.2. The van der Waals surface area contributed by atoms with Crippen LogP contribution in [0.4, 0.5) is 0 Å². The zero-order chi connectivity index (χ0) is 45.6. The molecule has 14 heteroatoms. The van der Waals surface area contributed by atoms with Crippen LogP contribution in [-0.2, 0) is 19.0 Å². The molecule has 0 fully saturated rings. The van der Waals surface area contributed by atoms with Crippen LogP contribution in [0, 0.1) is 0 Å². The Morgan fingerprint density at radius 1 is 0.484 bits per heavy atom. The number of halogens is 1. The topological polar surface area (TPSA) is 264 Å². The van der Waals surface area contributed by atoms with Gasteiger partial charge in [-0.25, -0.2) is 0 Å². The molecule has 0 aliphatic rings. The zero-order valence-corrected chi connectivity index (χ0v) is 39.1. The third kappa shape index (κ3) is 21.0. The monoisotopic (exact) mass is 900 g/mol. The lowest BCUT2D eigenvalue weighted by atomic mass is 9.96. The number of rotatable bonds is 23. The van der Waals surface area contributed by atoms with Crippen LogP contribution in [0.2, 0.25) is 0 Å². The van der Waals surface area contributed by atoms with E-state index in [0.717, 1.165) is 24.0 Å². The SMILES string of the molecule is CCC(C)c1ccc(CCl)cc1.CCC(C)c1ccc(C[N+](C)(Cc2ccc(C(C)CC)cc2)CC(O)C(O)C(O)C(O)CO)cc1.CCCC(O)C(O)C(O)C(O)CO.O.[OH-]. The largest absolute Gasteiger partial charge is 0.870 e. The van der Waals surface area contributed by atoms with E-state index in [1.54, 1.807) is 0 Å². The Labute approximate surface area is 376 Å². The van der Waals surface area contributed by atoms with Gasteiger partial charge in [0, 0.05) is 17.0 Å². The lowest BCUT2D eigenvalue weighted by Gasteiger charge is -2.38. The summed E-state index contributed by atoms with van der Waals surface area (Å²) in [6.07, 6.45) is -7.05. The van der Waals surface area contributed by atoms with Crippen molar-refractivity contribution in [3.8, 4) is 0 Å². The van der Waals surface area contributed by atoms with E-state index in [1.165, 1.54) is 28.7 Å². The third-order valence-corrected chi connectivity index (χ3v) is 11.9. The molecule has 0 saturated heterocycles. The van der Waals surface area contributed by atoms with E-state index in [9.17, 15) is 30.6 Å². The van der Waals surface area contributed by atoms with Gasteiger partial charge in [0.05, 0.1) is 26.4 Å². The molecule has 0 aliphatic carbocycles. The fraction of sp³-hybridized carbons (Fsp3) is 0.625. The summed E-state index contributed by atoms with van der Waals surface area (Å²) in [6, 6.07) is 25.7. The molecule has 0 aliphatic heterocycles. The lowest BCUT2D eigenvalue weighted by Crippen LogP contribution is -2.54. The standard InChI is InChI=1S/C29H46NO5.C11H15Cl.C8H18O5.2H2O/c1-6-20(3)24-12-8-22(9-13-24)16-30(5,18-26(32)28(34)29(35)27(33)19-31)17-23-10-14-25(15-11-23)21(4)7-2;1-3-9(2)11-6-4-10(8-12)5-7-11;1-2-3-5(10)7(12)8(13)6(11)4-9;;/h8-15,20-21,26-29,31-35H,6-7,16-19H2,1-5H3;4-7,9H,3,8H2,1-2H3;5-13H,2-4H2,1H3;2*1H2/q+1;;;;/p-1. The average Bonchev–Trinajstić information content (AvgIpc) is 3.27. The summed E-state index contributed by atoms with van der Waals surface area (Å²) in [5.74, 6) is 2.26. The van der Waals surface area contributed by atoms with E-state index in [2.05, 4.69) is 114 Å². The molecule has 3 rings (SSSR count). The summed E-state index contributed by atoms with van der Waals surface area (Å²) in [6.45, 7) is 15.1. The van der Waals surface area contributed by atoms with Gasteiger partial charge in [0.15, 0.2) is 0 Å². The quantitative estimate of drug-likeness (QED) is 0.0469. The molecule has 13 nitrogen and oxygen atoms in total. The van der Waals surface area contributed by atoms with Gasteiger partial charge in [-0.3, -0.25) is 0 Å². The summed E-state index contributed by atoms with van der Waals surface area (Å²) in [5.41, 5.74) is 7.43. The Morgan fingerprint density at radius 3 is 1.05 bits per heavy atom. The van der Waals surface area contributed by atoms with Crippen LogP contribution in [0.15, 0.2) is 72.8 Å². The molecule has 0 spiro atoms. The highest BCUT2D eigenvalue weighted by atomic mass is 35.5. The third-order valence-electron chi connectivity index (χ3n) is 11.6. The van der Waals surface area contributed by atoms with Gasteiger partial charge in [-0.15, -0.1) is 11.6 Å². The molecule has 0 bridgehead atoms. The first-order chi connectivity index (χ1) is 28.3. The van der Waals surface area contributed by atoms with Crippen molar-refractivity contribution in [2.45, 2.75) is 166 Å². The molecule has 11 unspecified atom stereocenters. The first-order valence-electron chi connectivity index (χ1n) is 21.7. The van der Waals surface area contributed by atoms with Gasteiger partial charge in [-0.05, 0) is 65.7 Å². The van der Waals surface area contributed by atoms with Gasteiger partial charge in [0.1, 0.15) is 62.4 Å². The van der Waals surface area contributed by atoms with Gasteiger partial charge >= 0.3 is 0 Å². The lowest BCUT2D eigenvalue weighted by molar-refractivity contribution is -0.938. The molecule has 0 radical (unpaired) electrons. The van der Waals surface area contributed by atoms with Crippen LogP contribution in [0.5, 0.6) is 0 Å². The van der Waals surface area contributed by atoms with Crippen molar-refractivity contribution < 1.29 is 66.5 Å². The normalized spacial score (nSPS) is 17.5. The summed E-state index contributed by atoms with van der Waals surface area (Å²) >= 11 is 5.69. The van der Waals surface area contributed by atoms with Crippen molar-refractivity contribution in [3.63, 3.8) is 0 Å². The molecule has 358 valence electrons. The van der Waals surface area contributed by atoms with E-state index >= 15 is 0 Å². The summed E-state index contributed by atoms with van der Waals surface area (Å²) in [4.78, 5) is 0. The molecule has 0 amide bonds. The second-order valence-electron chi connectivity index (χ2n) is 16.8. The van der Waals surface area contributed by atoms with Crippen molar-refractivity contribution in [2.24, 2.45) is 0 Å². The van der Waals surface area contributed by atoms with Crippen LogP contribution in [0.3, 0.4) is 0 Å². The second kappa shape index (κ2) is 32.1. The molecule has 0 heterocycles. The highest BCUT2D eigenvalue weighted by molar-refractivity contribution is 6.17. The Balaban J connectivity index is 0. The number of hydrogen-bond acceptors (Lipinski definition) is 11. The van der Waals surface area contributed by atoms with E-state index in [4.69, 9.17) is 32.0 Å². The molecular weight excluding hydrogens is 818 g/mol. The number of alkyl halides is 1. The van der Waals surface area contributed by atoms with Crippen LogP contribution in [-0.4, -0.2) is 142 Å². The predicted molar refractivity (Wildman–Crippen MR) is 246 cm³/mol. The van der Waals surface area contributed by atoms with E-state index in [0.29, 0.717) is 54.0 Å². The Hall–Kier alpha value is -2.57. The second-order valence-corrected chi connectivity index (χ2v) is 17.1. The Morgan fingerprint density at radius 2 is 0.774 bits per heavy atom. The first-order valence-corrected chi connectivity index (χ1v) is 22.2. The first kappa shape index (κ1) is 61.5. The molecule has 11 atom stereocenters. The molecule has 0 aromatic heterocycles. The fourth-order valence-corrected chi connectivity index (χ4v) is 6.94. The number of benzene rings is 3. The predicted octanol–water partition coefficient (Wildman–Crippen LogP) is 4.46. The average molecular weight is 901 g/mol. The fourth-order valence-electron chi connectivity index (χ4n) is 6.76. The summed E-state index contributed by atoms with van der Waals surface area (Å²) in [7, 11) is 2.02. The maximum atomic E-state index is 10.8. The number of aliphatic hydroxyl groups excluding tert-OH is 10. The number of nitrogens with zero attached hydrogens (tertiary/aromatic N) is 1. The summed E-state index contributed by atoms with van der Waals surface area (Å²) < 4.78 is 0.394.